The molecule has 0 radical (unpaired) electrons. The van der Waals surface area contributed by atoms with Crippen LogP contribution in [-0.2, 0) is 5.41 Å². The van der Waals surface area contributed by atoms with Gasteiger partial charge in [0.2, 0.25) is 0 Å². The van der Waals surface area contributed by atoms with Crippen LogP contribution in [0.2, 0.25) is 0 Å². The summed E-state index contributed by atoms with van der Waals surface area (Å²) in [6, 6.07) is 81.0. The highest BCUT2D eigenvalue weighted by Gasteiger charge is 2.46. The standard InChI is InChI=1S/C60H36N2S/c1-3-17-44(18-4-1)60(45-19-5-2-6-20-45)51-24-12-11-22-49(51)56-46(23-13-25-52(56)60)38-26-28-39(29-27-38)54-36-50-48-31-30-37-14-9-10-21-47(37)57(48)63-58(50)59-61-53-34-42-32-40-15-7-8-16-41(40)33-43(42)35-55(53)62(54)59/h1-36H. The number of imidazole rings is 1. The third kappa shape index (κ3) is 4.86. The van der Waals surface area contributed by atoms with Gasteiger partial charge in [0.1, 0.15) is 0 Å². The van der Waals surface area contributed by atoms with Crippen molar-refractivity contribution in [1.29, 1.82) is 0 Å². The average Bonchev–Trinajstić information content (AvgIpc) is 4.01. The second-order valence-corrected chi connectivity index (χ2v) is 18.0. The molecule has 0 fully saturated rings. The van der Waals surface area contributed by atoms with Gasteiger partial charge in [0, 0.05) is 15.5 Å². The summed E-state index contributed by atoms with van der Waals surface area (Å²) in [5.41, 5.74) is 15.2. The van der Waals surface area contributed by atoms with Gasteiger partial charge in [-0.05, 0) is 113 Å². The molecule has 1 aliphatic rings. The van der Waals surface area contributed by atoms with Crippen LogP contribution in [0, 0.1) is 0 Å². The van der Waals surface area contributed by atoms with Crippen molar-refractivity contribution in [2.75, 3.05) is 0 Å². The molecule has 13 aromatic rings. The first kappa shape index (κ1) is 34.8. The molecule has 0 spiro atoms. The van der Waals surface area contributed by atoms with E-state index >= 15 is 0 Å². The minimum absolute atomic E-state index is 0.445. The Hall–Kier alpha value is -7.85. The van der Waals surface area contributed by atoms with Crippen molar-refractivity contribution in [1.82, 2.24) is 9.38 Å². The fourth-order valence-electron chi connectivity index (χ4n) is 11.0. The molecule has 63 heavy (non-hydrogen) atoms. The van der Waals surface area contributed by atoms with E-state index in [1.165, 1.54) is 97.0 Å². The Labute approximate surface area is 367 Å². The molecule has 0 aliphatic heterocycles. The molecule has 0 atom stereocenters. The van der Waals surface area contributed by atoms with Gasteiger partial charge in [0.05, 0.1) is 26.8 Å². The van der Waals surface area contributed by atoms with E-state index in [2.05, 4.69) is 223 Å². The zero-order valence-electron chi connectivity index (χ0n) is 34.1. The normalized spacial score (nSPS) is 13.2. The molecule has 14 rings (SSSR count). The third-order valence-electron chi connectivity index (χ3n) is 13.8. The van der Waals surface area contributed by atoms with E-state index in [0.717, 1.165) is 27.9 Å². The van der Waals surface area contributed by atoms with Gasteiger partial charge >= 0.3 is 0 Å². The molecule has 0 saturated carbocycles. The summed E-state index contributed by atoms with van der Waals surface area (Å²) in [7, 11) is 0. The van der Waals surface area contributed by atoms with Gasteiger partial charge in [-0.25, -0.2) is 4.98 Å². The molecule has 3 aromatic heterocycles. The van der Waals surface area contributed by atoms with E-state index in [9.17, 15) is 0 Å². The Balaban J connectivity index is 1.00. The van der Waals surface area contributed by atoms with Crippen molar-refractivity contribution < 1.29 is 0 Å². The van der Waals surface area contributed by atoms with Crippen molar-refractivity contribution >= 4 is 80.5 Å². The minimum atomic E-state index is -0.445. The third-order valence-corrected chi connectivity index (χ3v) is 15.0. The van der Waals surface area contributed by atoms with Crippen LogP contribution < -0.4 is 0 Å². The van der Waals surface area contributed by atoms with Crippen LogP contribution in [0.3, 0.4) is 0 Å². The summed E-state index contributed by atoms with van der Waals surface area (Å²) in [6.45, 7) is 0. The number of thiophene rings is 1. The molecule has 0 saturated heterocycles. The van der Waals surface area contributed by atoms with Crippen LogP contribution in [0.15, 0.2) is 218 Å². The van der Waals surface area contributed by atoms with Gasteiger partial charge in [0.25, 0.3) is 0 Å². The Kier molecular flexibility index (Phi) is 7.23. The number of nitrogens with zero attached hydrogens (tertiary/aromatic N) is 2. The van der Waals surface area contributed by atoms with Crippen molar-refractivity contribution in [3.05, 3.63) is 241 Å². The molecule has 0 amide bonds. The maximum Gasteiger partial charge on any atom is 0.156 e. The van der Waals surface area contributed by atoms with Crippen LogP contribution in [0.25, 0.3) is 103 Å². The number of pyridine rings is 1. The molecule has 0 N–H and O–H groups in total. The van der Waals surface area contributed by atoms with E-state index in [-0.39, 0.29) is 0 Å². The fraction of sp³-hybridized carbons (Fsp3) is 0.0167. The van der Waals surface area contributed by atoms with E-state index in [4.69, 9.17) is 4.98 Å². The lowest BCUT2D eigenvalue weighted by Gasteiger charge is -2.34. The molecule has 0 bridgehead atoms. The summed E-state index contributed by atoms with van der Waals surface area (Å²) in [5.74, 6) is 0. The molecular formula is C60H36N2S. The summed E-state index contributed by atoms with van der Waals surface area (Å²) in [4.78, 5) is 5.50. The summed E-state index contributed by atoms with van der Waals surface area (Å²) in [5, 5.41) is 9.97. The number of hydrogen-bond donors (Lipinski definition) is 0. The van der Waals surface area contributed by atoms with Gasteiger partial charge in [-0.15, -0.1) is 11.3 Å². The first-order valence-corrected chi connectivity index (χ1v) is 22.5. The molecule has 292 valence electrons. The monoisotopic (exact) mass is 816 g/mol. The number of aromatic nitrogens is 2. The minimum Gasteiger partial charge on any atom is -0.291 e. The Morgan fingerprint density at radius 3 is 1.78 bits per heavy atom. The number of benzene rings is 10. The molecule has 1 aliphatic carbocycles. The van der Waals surface area contributed by atoms with Gasteiger partial charge in [-0.3, -0.25) is 4.40 Å². The summed E-state index contributed by atoms with van der Waals surface area (Å²) < 4.78 is 4.94. The maximum absolute atomic E-state index is 5.50. The zero-order chi connectivity index (χ0) is 41.2. The number of rotatable bonds is 4. The van der Waals surface area contributed by atoms with Crippen LogP contribution in [0.1, 0.15) is 22.3 Å². The second-order valence-electron chi connectivity index (χ2n) is 17.0. The van der Waals surface area contributed by atoms with E-state index in [0.29, 0.717) is 0 Å². The van der Waals surface area contributed by atoms with Crippen LogP contribution in [-0.4, -0.2) is 9.38 Å². The van der Waals surface area contributed by atoms with Crippen molar-refractivity contribution in [2.24, 2.45) is 0 Å². The van der Waals surface area contributed by atoms with Crippen molar-refractivity contribution in [3.8, 4) is 33.5 Å². The topological polar surface area (TPSA) is 17.3 Å². The molecule has 3 heteroatoms. The Bertz CT molecular complexity index is 3970. The quantitative estimate of drug-likeness (QED) is 0.162. The lowest BCUT2D eigenvalue weighted by Crippen LogP contribution is -2.28. The predicted octanol–water partition coefficient (Wildman–Crippen LogP) is 16.0. The molecule has 2 nitrogen and oxygen atoms in total. The first-order valence-electron chi connectivity index (χ1n) is 21.7. The summed E-state index contributed by atoms with van der Waals surface area (Å²) >= 11 is 1.86. The highest BCUT2D eigenvalue weighted by atomic mass is 32.1. The van der Waals surface area contributed by atoms with E-state index in [1.807, 2.05) is 11.3 Å². The van der Waals surface area contributed by atoms with Gasteiger partial charge in [-0.1, -0.05) is 188 Å². The van der Waals surface area contributed by atoms with Gasteiger partial charge in [-0.2, -0.15) is 0 Å². The fourth-order valence-corrected chi connectivity index (χ4v) is 12.3. The van der Waals surface area contributed by atoms with Crippen molar-refractivity contribution in [2.45, 2.75) is 5.41 Å². The highest BCUT2D eigenvalue weighted by Crippen LogP contribution is 2.58. The van der Waals surface area contributed by atoms with Gasteiger partial charge in [0.15, 0.2) is 5.65 Å². The SMILES string of the molecule is c1ccc(C2(c3ccccc3)c3ccccc3-c3c(-c4ccc(-c5cc6c7ccc8ccccc8c7sc6c6nc7cc8cc9ccccc9cc8cc7n56)cc4)cccc32)cc1. The predicted molar refractivity (Wildman–Crippen MR) is 266 cm³/mol. The van der Waals surface area contributed by atoms with Crippen molar-refractivity contribution in [3.63, 3.8) is 0 Å². The smallest absolute Gasteiger partial charge is 0.156 e. The largest absolute Gasteiger partial charge is 0.291 e. The summed E-state index contributed by atoms with van der Waals surface area (Å²) in [6.07, 6.45) is 0. The van der Waals surface area contributed by atoms with Gasteiger partial charge < -0.3 is 0 Å². The van der Waals surface area contributed by atoms with E-state index < -0.39 is 5.41 Å². The van der Waals surface area contributed by atoms with Crippen LogP contribution in [0.5, 0.6) is 0 Å². The Morgan fingerprint density at radius 1 is 0.397 bits per heavy atom. The second kappa shape index (κ2) is 13.1. The molecule has 10 aromatic carbocycles. The molecule has 3 heterocycles. The molecule has 0 unspecified atom stereocenters. The maximum atomic E-state index is 5.50. The highest BCUT2D eigenvalue weighted by molar-refractivity contribution is 7.27. The lowest BCUT2D eigenvalue weighted by atomic mass is 9.67. The Morgan fingerprint density at radius 2 is 1.02 bits per heavy atom. The average molecular weight is 817 g/mol. The van der Waals surface area contributed by atoms with E-state index in [1.54, 1.807) is 0 Å². The first-order chi connectivity index (χ1) is 31.2. The lowest BCUT2D eigenvalue weighted by molar-refractivity contribution is 0.768. The zero-order valence-corrected chi connectivity index (χ0v) is 34.9. The molecular weight excluding hydrogens is 781 g/mol. The number of hydrogen-bond acceptors (Lipinski definition) is 2. The van der Waals surface area contributed by atoms with Crippen LogP contribution in [0.4, 0.5) is 0 Å². The number of fused-ring (bicyclic) bond motifs is 14. The van der Waals surface area contributed by atoms with Crippen LogP contribution >= 0.6 is 11.3 Å².